The van der Waals surface area contributed by atoms with Crippen molar-refractivity contribution in [2.75, 3.05) is 25.0 Å². The van der Waals surface area contributed by atoms with Crippen molar-refractivity contribution in [3.63, 3.8) is 0 Å². The fraction of sp³-hybridized carbons (Fsp3) is 0.471. The Kier molecular flexibility index (Phi) is 4.53. The Hall–Kier alpha value is -2.41. The molecule has 0 aromatic heterocycles. The van der Waals surface area contributed by atoms with Crippen LogP contribution >= 0.6 is 0 Å². The molecule has 0 radical (unpaired) electrons. The lowest BCUT2D eigenvalue weighted by Crippen LogP contribution is -2.50. The van der Waals surface area contributed by atoms with Crippen molar-refractivity contribution in [2.24, 2.45) is 17.6 Å². The molecule has 24 heavy (non-hydrogen) atoms. The number of primary amides is 1. The molecule has 3 rings (SSSR count). The van der Waals surface area contributed by atoms with Crippen LogP contribution in [0.5, 0.6) is 0 Å². The molecule has 1 saturated carbocycles. The van der Waals surface area contributed by atoms with Crippen LogP contribution in [0.2, 0.25) is 0 Å². The molecule has 3 N–H and O–H groups in total. The van der Waals surface area contributed by atoms with Gasteiger partial charge in [-0.05, 0) is 30.5 Å². The minimum absolute atomic E-state index is 0.00716. The van der Waals surface area contributed by atoms with Crippen LogP contribution in [0.1, 0.15) is 23.7 Å². The highest BCUT2D eigenvalue weighted by Gasteiger charge is 2.39. The fourth-order valence-electron chi connectivity index (χ4n) is 2.84. The number of nitrogens with zero attached hydrogens (tertiary/aromatic N) is 1. The van der Waals surface area contributed by atoms with Gasteiger partial charge in [-0.25, -0.2) is 0 Å². The quantitative estimate of drug-likeness (QED) is 0.844. The number of nitrogens with two attached hydrogens (primary N) is 1. The van der Waals surface area contributed by atoms with Gasteiger partial charge in [0.1, 0.15) is 0 Å². The monoisotopic (exact) mass is 331 g/mol. The average molecular weight is 331 g/mol. The Morgan fingerprint density at radius 3 is 2.75 bits per heavy atom. The number of benzene rings is 1. The predicted molar refractivity (Wildman–Crippen MR) is 87.2 cm³/mol. The summed E-state index contributed by atoms with van der Waals surface area (Å²) in [6, 6.07) is 6.83. The Labute approximate surface area is 140 Å². The molecule has 1 aromatic rings. The number of amides is 3. The molecule has 1 heterocycles. The molecule has 3 amide bonds. The van der Waals surface area contributed by atoms with E-state index in [1.165, 1.54) is 0 Å². The number of ether oxygens (including phenoxy) is 1. The van der Waals surface area contributed by atoms with Gasteiger partial charge in [0.2, 0.25) is 11.8 Å². The standard InChI is InChI=1S/C17H21N3O4/c1-10-7-13(10)16(22)19-12-4-2-3-11(8-12)17(23)20-5-6-24-14(9-20)15(18)21/h2-4,8,10,13-14H,5-7,9H2,1H3,(H2,18,21)(H,19,22)/t10-,13+,14-/m1/s1. The van der Waals surface area contributed by atoms with Gasteiger partial charge in [-0.15, -0.1) is 0 Å². The van der Waals surface area contributed by atoms with Gasteiger partial charge in [0.25, 0.3) is 5.91 Å². The third kappa shape index (κ3) is 3.56. The Bertz CT molecular complexity index is 676. The van der Waals surface area contributed by atoms with Crippen molar-refractivity contribution in [1.82, 2.24) is 4.90 Å². The van der Waals surface area contributed by atoms with Gasteiger partial charge in [-0.2, -0.15) is 0 Å². The lowest BCUT2D eigenvalue weighted by atomic mass is 10.1. The number of carbonyl (C=O) groups excluding carboxylic acids is 3. The van der Waals surface area contributed by atoms with E-state index in [2.05, 4.69) is 5.32 Å². The van der Waals surface area contributed by atoms with Crippen molar-refractivity contribution >= 4 is 23.4 Å². The first-order valence-corrected chi connectivity index (χ1v) is 8.07. The summed E-state index contributed by atoms with van der Waals surface area (Å²) in [7, 11) is 0. The molecule has 128 valence electrons. The normalized spacial score (nSPS) is 25.9. The SMILES string of the molecule is C[C@@H]1C[C@@H]1C(=O)Nc1cccc(C(=O)N2CCO[C@@H](C(N)=O)C2)c1. The smallest absolute Gasteiger partial charge is 0.254 e. The number of carbonyl (C=O) groups is 3. The summed E-state index contributed by atoms with van der Waals surface area (Å²) in [6.07, 6.45) is 0.133. The van der Waals surface area contributed by atoms with Crippen molar-refractivity contribution in [2.45, 2.75) is 19.4 Å². The minimum atomic E-state index is -0.776. The predicted octanol–water partition coefficient (Wildman–Crippen LogP) is 0.607. The van der Waals surface area contributed by atoms with Crippen molar-refractivity contribution < 1.29 is 19.1 Å². The third-order valence-electron chi connectivity index (χ3n) is 4.49. The molecule has 1 aliphatic heterocycles. The summed E-state index contributed by atoms with van der Waals surface area (Å²) in [4.78, 5) is 37.4. The number of rotatable bonds is 4. The maximum absolute atomic E-state index is 12.6. The van der Waals surface area contributed by atoms with Crippen LogP contribution in [0.25, 0.3) is 0 Å². The molecule has 0 spiro atoms. The van der Waals surface area contributed by atoms with E-state index in [0.717, 1.165) is 6.42 Å². The van der Waals surface area contributed by atoms with Gasteiger partial charge in [-0.3, -0.25) is 14.4 Å². The summed E-state index contributed by atoms with van der Waals surface area (Å²) < 4.78 is 5.25. The number of hydrogen-bond donors (Lipinski definition) is 2. The molecule has 7 heteroatoms. The molecule has 2 aliphatic rings. The van der Waals surface area contributed by atoms with Gasteiger partial charge >= 0.3 is 0 Å². The Balaban J connectivity index is 1.67. The molecule has 1 aromatic carbocycles. The van der Waals surface area contributed by atoms with E-state index in [4.69, 9.17) is 10.5 Å². The Morgan fingerprint density at radius 1 is 1.33 bits per heavy atom. The maximum Gasteiger partial charge on any atom is 0.254 e. The van der Waals surface area contributed by atoms with Crippen LogP contribution in [0.15, 0.2) is 24.3 Å². The number of anilines is 1. The second-order valence-electron chi connectivity index (χ2n) is 6.40. The first-order valence-electron chi connectivity index (χ1n) is 8.07. The molecular formula is C17H21N3O4. The van der Waals surface area contributed by atoms with Crippen LogP contribution < -0.4 is 11.1 Å². The van der Waals surface area contributed by atoms with Crippen LogP contribution in [0.4, 0.5) is 5.69 Å². The summed E-state index contributed by atoms with van der Waals surface area (Å²) >= 11 is 0. The highest BCUT2D eigenvalue weighted by atomic mass is 16.5. The summed E-state index contributed by atoms with van der Waals surface area (Å²) in [6.45, 7) is 2.86. The molecule has 2 fully saturated rings. The maximum atomic E-state index is 12.6. The van der Waals surface area contributed by atoms with E-state index in [0.29, 0.717) is 23.7 Å². The largest absolute Gasteiger partial charge is 0.367 e. The molecule has 7 nitrogen and oxygen atoms in total. The molecule has 0 unspecified atom stereocenters. The van der Waals surface area contributed by atoms with Crippen LogP contribution in [0.3, 0.4) is 0 Å². The van der Waals surface area contributed by atoms with Crippen LogP contribution in [0, 0.1) is 11.8 Å². The van der Waals surface area contributed by atoms with E-state index < -0.39 is 12.0 Å². The van der Waals surface area contributed by atoms with Gasteiger partial charge in [0, 0.05) is 23.7 Å². The van der Waals surface area contributed by atoms with E-state index >= 15 is 0 Å². The summed E-state index contributed by atoms with van der Waals surface area (Å²) in [5.74, 6) is -0.298. The lowest BCUT2D eigenvalue weighted by molar-refractivity contribution is -0.133. The highest BCUT2D eigenvalue weighted by molar-refractivity contribution is 5.98. The number of morpholine rings is 1. The summed E-state index contributed by atoms with van der Waals surface area (Å²) in [5, 5.41) is 2.85. The molecule has 1 saturated heterocycles. The molecule has 1 aliphatic carbocycles. The van der Waals surface area contributed by atoms with Crippen molar-refractivity contribution in [3.8, 4) is 0 Å². The Morgan fingerprint density at radius 2 is 2.08 bits per heavy atom. The first kappa shape index (κ1) is 16.4. The zero-order valence-electron chi connectivity index (χ0n) is 13.5. The van der Waals surface area contributed by atoms with E-state index in [9.17, 15) is 14.4 Å². The minimum Gasteiger partial charge on any atom is -0.367 e. The van der Waals surface area contributed by atoms with Crippen molar-refractivity contribution in [1.29, 1.82) is 0 Å². The zero-order valence-corrected chi connectivity index (χ0v) is 13.5. The fourth-order valence-corrected chi connectivity index (χ4v) is 2.84. The lowest BCUT2D eigenvalue weighted by Gasteiger charge is -2.31. The molecular weight excluding hydrogens is 310 g/mol. The van der Waals surface area contributed by atoms with E-state index in [1.54, 1.807) is 29.2 Å². The van der Waals surface area contributed by atoms with Gasteiger partial charge in [0.05, 0.1) is 13.2 Å². The van der Waals surface area contributed by atoms with Gasteiger partial charge in [-0.1, -0.05) is 13.0 Å². The average Bonchev–Trinajstić information content (AvgIpc) is 3.31. The van der Waals surface area contributed by atoms with Crippen LogP contribution in [-0.2, 0) is 14.3 Å². The summed E-state index contributed by atoms with van der Waals surface area (Å²) in [5.41, 5.74) is 6.30. The van der Waals surface area contributed by atoms with Gasteiger partial charge in [0.15, 0.2) is 6.10 Å². The topological polar surface area (TPSA) is 102 Å². The van der Waals surface area contributed by atoms with Gasteiger partial charge < -0.3 is 20.7 Å². The number of nitrogens with one attached hydrogen (secondary N) is 1. The molecule has 3 atom stereocenters. The zero-order chi connectivity index (χ0) is 17.3. The van der Waals surface area contributed by atoms with E-state index in [1.807, 2.05) is 6.92 Å². The molecule has 0 bridgehead atoms. The second kappa shape index (κ2) is 6.60. The highest BCUT2D eigenvalue weighted by Crippen LogP contribution is 2.38. The van der Waals surface area contributed by atoms with E-state index in [-0.39, 0.29) is 30.9 Å². The first-order chi connectivity index (χ1) is 11.5. The van der Waals surface area contributed by atoms with Crippen LogP contribution in [-0.4, -0.2) is 48.4 Å². The third-order valence-corrected chi connectivity index (χ3v) is 4.49. The second-order valence-corrected chi connectivity index (χ2v) is 6.40. The van der Waals surface area contributed by atoms with Crippen molar-refractivity contribution in [3.05, 3.63) is 29.8 Å². The number of hydrogen-bond acceptors (Lipinski definition) is 4.